The molecule has 0 radical (unpaired) electrons. The van der Waals surface area contributed by atoms with E-state index < -0.39 is 0 Å². The van der Waals surface area contributed by atoms with Crippen LogP contribution in [0.2, 0.25) is 0 Å². The highest BCUT2D eigenvalue weighted by molar-refractivity contribution is 5.93. The molecule has 1 saturated heterocycles. The maximum Gasteiger partial charge on any atom is 0.257 e. The second kappa shape index (κ2) is 6.83. The van der Waals surface area contributed by atoms with Crippen molar-refractivity contribution in [3.63, 3.8) is 0 Å². The van der Waals surface area contributed by atoms with Crippen molar-refractivity contribution in [3.05, 3.63) is 47.8 Å². The van der Waals surface area contributed by atoms with Gasteiger partial charge in [-0.15, -0.1) is 0 Å². The van der Waals surface area contributed by atoms with E-state index in [1.54, 1.807) is 24.2 Å². The van der Waals surface area contributed by atoms with Gasteiger partial charge in [0.25, 0.3) is 5.91 Å². The van der Waals surface area contributed by atoms with Crippen LogP contribution in [0.3, 0.4) is 0 Å². The summed E-state index contributed by atoms with van der Waals surface area (Å²) >= 11 is 0. The Balaban J connectivity index is 1.52. The monoisotopic (exact) mass is 315 g/mol. The molecule has 1 amide bonds. The average Bonchev–Trinajstić information content (AvgIpc) is 3.02. The first-order valence-electron chi connectivity index (χ1n) is 7.90. The number of amides is 1. The molecule has 1 aliphatic rings. The molecule has 0 unspecified atom stereocenters. The van der Waals surface area contributed by atoms with Crippen LogP contribution >= 0.6 is 0 Å². The molecule has 6 nitrogen and oxygen atoms in total. The number of benzene rings is 1. The SMILES string of the molecule is COc1ccc(C[NH+]2CCN(C(=O)c3cnn(C)c3)CC2)cc1. The zero-order valence-corrected chi connectivity index (χ0v) is 13.7. The highest BCUT2D eigenvalue weighted by atomic mass is 16.5. The van der Waals surface area contributed by atoms with Gasteiger partial charge in [-0.2, -0.15) is 5.10 Å². The largest absolute Gasteiger partial charge is 0.497 e. The Labute approximate surface area is 136 Å². The van der Waals surface area contributed by atoms with Crippen molar-refractivity contribution in [3.8, 4) is 5.75 Å². The Kier molecular flexibility index (Phi) is 4.62. The third-order valence-electron chi connectivity index (χ3n) is 4.32. The summed E-state index contributed by atoms with van der Waals surface area (Å²) in [5.41, 5.74) is 1.97. The summed E-state index contributed by atoms with van der Waals surface area (Å²) in [7, 11) is 3.51. The number of methoxy groups -OCH3 is 1. The number of aromatic nitrogens is 2. The van der Waals surface area contributed by atoms with E-state index in [9.17, 15) is 4.79 Å². The number of nitrogens with zero attached hydrogens (tertiary/aromatic N) is 3. The summed E-state index contributed by atoms with van der Waals surface area (Å²) in [6, 6.07) is 8.21. The minimum atomic E-state index is 0.0848. The van der Waals surface area contributed by atoms with Crippen LogP contribution in [0.4, 0.5) is 0 Å². The molecule has 1 aliphatic heterocycles. The maximum atomic E-state index is 12.4. The fraction of sp³-hybridized carbons (Fsp3) is 0.412. The molecule has 0 spiro atoms. The zero-order valence-electron chi connectivity index (χ0n) is 13.7. The van der Waals surface area contributed by atoms with Crippen LogP contribution in [0.15, 0.2) is 36.7 Å². The van der Waals surface area contributed by atoms with Crippen LogP contribution in [0.1, 0.15) is 15.9 Å². The molecule has 2 aromatic rings. The Morgan fingerprint density at radius 3 is 2.52 bits per heavy atom. The number of aryl methyl sites for hydroxylation is 1. The Hall–Kier alpha value is -2.34. The van der Waals surface area contributed by atoms with Gasteiger partial charge >= 0.3 is 0 Å². The van der Waals surface area contributed by atoms with Crippen LogP contribution in [0, 0.1) is 0 Å². The van der Waals surface area contributed by atoms with E-state index >= 15 is 0 Å². The number of carbonyl (C=O) groups is 1. The molecule has 0 bridgehead atoms. The lowest BCUT2D eigenvalue weighted by Gasteiger charge is -2.32. The van der Waals surface area contributed by atoms with E-state index in [0.29, 0.717) is 5.56 Å². The lowest BCUT2D eigenvalue weighted by molar-refractivity contribution is -0.917. The van der Waals surface area contributed by atoms with Crippen molar-refractivity contribution < 1.29 is 14.4 Å². The number of hydrogen-bond acceptors (Lipinski definition) is 3. The molecule has 0 atom stereocenters. The summed E-state index contributed by atoms with van der Waals surface area (Å²) in [6.45, 7) is 4.51. The molecule has 3 rings (SSSR count). The Bertz CT molecular complexity index is 657. The third-order valence-corrected chi connectivity index (χ3v) is 4.32. The summed E-state index contributed by atoms with van der Waals surface area (Å²) in [5.74, 6) is 0.970. The Morgan fingerprint density at radius 2 is 1.96 bits per heavy atom. The van der Waals surface area contributed by atoms with Crippen molar-refractivity contribution >= 4 is 5.91 Å². The first-order chi connectivity index (χ1) is 11.2. The van der Waals surface area contributed by atoms with E-state index in [2.05, 4.69) is 17.2 Å². The van der Waals surface area contributed by atoms with Crippen molar-refractivity contribution in [1.82, 2.24) is 14.7 Å². The van der Waals surface area contributed by atoms with Gasteiger partial charge in [0.05, 0.1) is 45.0 Å². The summed E-state index contributed by atoms with van der Waals surface area (Å²) in [5, 5.41) is 4.07. The fourth-order valence-electron chi connectivity index (χ4n) is 2.95. The molecule has 1 aromatic heterocycles. The van der Waals surface area contributed by atoms with Crippen LogP contribution in [0.25, 0.3) is 0 Å². The minimum absolute atomic E-state index is 0.0848. The van der Waals surface area contributed by atoms with Crippen LogP contribution in [0.5, 0.6) is 5.75 Å². The first-order valence-corrected chi connectivity index (χ1v) is 7.90. The number of carbonyl (C=O) groups excluding carboxylic acids is 1. The van der Waals surface area contributed by atoms with Gasteiger partial charge in [0, 0.05) is 18.8 Å². The molecular weight excluding hydrogens is 292 g/mol. The fourth-order valence-corrected chi connectivity index (χ4v) is 2.95. The molecule has 0 saturated carbocycles. The molecule has 122 valence electrons. The predicted octanol–water partition coefficient (Wildman–Crippen LogP) is -0.0304. The predicted molar refractivity (Wildman–Crippen MR) is 86.5 cm³/mol. The number of nitrogens with one attached hydrogen (secondary N) is 1. The highest BCUT2D eigenvalue weighted by Gasteiger charge is 2.25. The van der Waals surface area contributed by atoms with Gasteiger partial charge in [0.1, 0.15) is 12.3 Å². The van der Waals surface area contributed by atoms with Crippen molar-refractivity contribution in [2.24, 2.45) is 7.05 Å². The van der Waals surface area contributed by atoms with Crippen LogP contribution in [-0.2, 0) is 13.6 Å². The van der Waals surface area contributed by atoms with Gasteiger partial charge in [-0.1, -0.05) is 0 Å². The van der Waals surface area contributed by atoms with Gasteiger partial charge in [-0.25, -0.2) is 0 Å². The molecule has 1 N–H and O–H groups in total. The summed E-state index contributed by atoms with van der Waals surface area (Å²) < 4.78 is 6.85. The van der Waals surface area contributed by atoms with Crippen LogP contribution in [-0.4, -0.2) is 53.9 Å². The lowest BCUT2D eigenvalue weighted by Crippen LogP contribution is -3.13. The minimum Gasteiger partial charge on any atom is -0.497 e. The third kappa shape index (κ3) is 3.71. The normalized spacial score (nSPS) is 15.7. The molecule has 2 heterocycles. The van der Waals surface area contributed by atoms with Crippen molar-refractivity contribution in [1.29, 1.82) is 0 Å². The van der Waals surface area contributed by atoms with Gasteiger partial charge in [-0.3, -0.25) is 9.48 Å². The first kappa shape index (κ1) is 15.6. The molecule has 0 aliphatic carbocycles. The van der Waals surface area contributed by atoms with E-state index in [1.165, 1.54) is 10.5 Å². The molecule has 1 aromatic carbocycles. The second-order valence-electron chi connectivity index (χ2n) is 5.97. The lowest BCUT2D eigenvalue weighted by atomic mass is 10.2. The average molecular weight is 315 g/mol. The molecule has 6 heteroatoms. The molecular formula is C17H23N4O2+. The van der Waals surface area contributed by atoms with E-state index in [1.807, 2.05) is 24.1 Å². The summed E-state index contributed by atoms with van der Waals surface area (Å²) in [4.78, 5) is 15.8. The maximum absolute atomic E-state index is 12.4. The molecule has 23 heavy (non-hydrogen) atoms. The van der Waals surface area contributed by atoms with Gasteiger partial charge in [0.15, 0.2) is 0 Å². The Morgan fingerprint density at radius 1 is 1.26 bits per heavy atom. The number of hydrogen-bond donors (Lipinski definition) is 1. The van der Waals surface area contributed by atoms with E-state index in [-0.39, 0.29) is 5.91 Å². The van der Waals surface area contributed by atoms with Crippen LogP contribution < -0.4 is 9.64 Å². The van der Waals surface area contributed by atoms with E-state index in [0.717, 1.165) is 38.5 Å². The number of ether oxygens (including phenoxy) is 1. The van der Waals surface area contributed by atoms with Crippen molar-refractivity contribution in [2.45, 2.75) is 6.54 Å². The van der Waals surface area contributed by atoms with Gasteiger partial charge in [0.2, 0.25) is 0 Å². The number of rotatable bonds is 4. The van der Waals surface area contributed by atoms with Gasteiger partial charge in [-0.05, 0) is 24.3 Å². The second-order valence-corrected chi connectivity index (χ2v) is 5.97. The zero-order chi connectivity index (χ0) is 16.2. The quantitative estimate of drug-likeness (QED) is 0.862. The number of piperazine rings is 1. The molecule has 1 fully saturated rings. The number of quaternary nitrogens is 1. The smallest absolute Gasteiger partial charge is 0.257 e. The van der Waals surface area contributed by atoms with E-state index in [4.69, 9.17) is 4.74 Å². The van der Waals surface area contributed by atoms with Crippen molar-refractivity contribution in [2.75, 3.05) is 33.3 Å². The summed E-state index contributed by atoms with van der Waals surface area (Å²) in [6.07, 6.45) is 3.41. The standard InChI is InChI=1S/C17H22N4O2/c1-19-13-15(11-18-19)17(22)21-9-7-20(8-10-21)12-14-3-5-16(23-2)6-4-14/h3-6,11,13H,7-10,12H2,1-2H3/p+1. The van der Waals surface area contributed by atoms with Gasteiger partial charge < -0.3 is 14.5 Å². The highest BCUT2D eigenvalue weighted by Crippen LogP contribution is 2.10. The topological polar surface area (TPSA) is 51.8 Å².